The van der Waals surface area contributed by atoms with E-state index in [1.807, 2.05) is 0 Å². The van der Waals surface area contributed by atoms with E-state index in [-0.39, 0.29) is 23.8 Å². The molecule has 18 heavy (non-hydrogen) atoms. The molecule has 1 rings (SSSR count). The summed E-state index contributed by atoms with van der Waals surface area (Å²) in [6.45, 7) is 2.15. The number of carboxylic acid groups (broad SMARTS) is 1. The number of benzene rings is 1. The summed E-state index contributed by atoms with van der Waals surface area (Å²) in [5, 5.41) is 31.3. The van der Waals surface area contributed by atoms with Crippen molar-refractivity contribution in [3.05, 3.63) is 33.9 Å². The molecule has 0 bridgehead atoms. The van der Waals surface area contributed by atoms with Crippen LogP contribution in [0, 0.1) is 16.0 Å². The number of nitrogens with one attached hydrogen (secondary N) is 1. The largest absolute Gasteiger partial charge is 0.478 e. The summed E-state index contributed by atoms with van der Waals surface area (Å²) in [6, 6.07) is 3.60. The third-order valence-corrected chi connectivity index (χ3v) is 2.40. The summed E-state index contributed by atoms with van der Waals surface area (Å²) in [5.74, 6) is -1.28. The molecular weight excluding hydrogens is 240 g/mol. The zero-order chi connectivity index (χ0) is 13.7. The van der Waals surface area contributed by atoms with Crippen LogP contribution >= 0.6 is 0 Å². The summed E-state index contributed by atoms with van der Waals surface area (Å²) in [4.78, 5) is 20.9. The van der Waals surface area contributed by atoms with Gasteiger partial charge in [0, 0.05) is 31.0 Å². The Bertz CT molecular complexity index is 461. The zero-order valence-corrected chi connectivity index (χ0v) is 9.79. The Morgan fingerprint density at radius 3 is 2.72 bits per heavy atom. The first-order valence-electron chi connectivity index (χ1n) is 5.32. The van der Waals surface area contributed by atoms with Crippen LogP contribution in [0.1, 0.15) is 17.3 Å². The lowest BCUT2D eigenvalue weighted by molar-refractivity contribution is -0.384. The van der Waals surface area contributed by atoms with Gasteiger partial charge in [-0.2, -0.15) is 0 Å². The molecule has 0 spiro atoms. The minimum atomic E-state index is -1.24. The third-order valence-electron chi connectivity index (χ3n) is 2.40. The molecule has 0 aliphatic carbocycles. The maximum Gasteiger partial charge on any atom is 0.338 e. The molecule has 0 aliphatic rings. The highest BCUT2D eigenvalue weighted by Crippen LogP contribution is 2.22. The summed E-state index contributed by atoms with van der Waals surface area (Å²) < 4.78 is 0. The molecule has 7 nitrogen and oxygen atoms in total. The van der Waals surface area contributed by atoms with Crippen LogP contribution in [0.5, 0.6) is 0 Å². The van der Waals surface area contributed by atoms with Crippen molar-refractivity contribution in [2.45, 2.75) is 6.92 Å². The van der Waals surface area contributed by atoms with E-state index < -0.39 is 10.9 Å². The SMILES string of the molecule is CC(CO)CNc1ccc([N+](=O)[O-])cc1C(=O)O. The van der Waals surface area contributed by atoms with E-state index in [2.05, 4.69) is 5.32 Å². The quantitative estimate of drug-likeness (QED) is 0.521. The summed E-state index contributed by atoms with van der Waals surface area (Å²) >= 11 is 0. The number of hydrogen-bond donors (Lipinski definition) is 3. The first kappa shape index (κ1) is 13.9. The van der Waals surface area contributed by atoms with E-state index in [0.29, 0.717) is 12.2 Å². The van der Waals surface area contributed by atoms with E-state index in [9.17, 15) is 14.9 Å². The molecule has 0 saturated heterocycles. The van der Waals surface area contributed by atoms with Gasteiger partial charge in [0.15, 0.2) is 0 Å². The number of nitrogens with zero attached hydrogens (tertiary/aromatic N) is 1. The van der Waals surface area contributed by atoms with Crippen LogP contribution < -0.4 is 5.32 Å². The predicted molar refractivity (Wildman–Crippen MR) is 64.8 cm³/mol. The van der Waals surface area contributed by atoms with Gasteiger partial charge in [0.2, 0.25) is 0 Å². The second kappa shape index (κ2) is 5.97. The van der Waals surface area contributed by atoms with Gasteiger partial charge in [-0.1, -0.05) is 6.92 Å². The Morgan fingerprint density at radius 2 is 2.22 bits per heavy atom. The van der Waals surface area contributed by atoms with Crippen molar-refractivity contribution in [1.82, 2.24) is 0 Å². The minimum absolute atomic E-state index is 0.0254. The number of aliphatic hydroxyl groups excluding tert-OH is 1. The van der Waals surface area contributed by atoms with Gasteiger partial charge in [-0.25, -0.2) is 4.79 Å². The second-order valence-electron chi connectivity index (χ2n) is 3.96. The van der Waals surface area contributed by atoms with Crippen LogP contribution in [-0.2, 0) is 0 Å². The number of rotatable bonds is 6. The van der Waals surface area contributed by atoms with Gasteiger partial charge in [-0.3, -0.25) is 10.1 Å². The Hall–Kier alpha value is -2.15. The highest BCUT2D eigenvalue weighted by molar-refractivity contribution is 5.95. The maximum absolute atomic E-state index is 11.0. The molecule has 1 aromatic rings. The van der Waals surface area contributed by atoms with Crippen molar-refractivity contribution in [1.29, 1.82) is 0 Å². The van der Waals surface area contributed by atoms with Crippen LogP contribution in [0.2, 0.25) is 0 Å². The molecule has 0 saturated carbocycles. The summed E-state index contributed by atoms with van der Waals surface area (Å²) in [7, 11) is 0. The fourth-order valence-corrected chi connectivity index (χ4v) is 1.33. The van der Waals surface area contributed by atoms with Gasteiger partial charge in [-0.05, 0) is 12.0 Å². The smallest absolute Gasteiger partial charge is 0.338 e. The molecule has 0 fully saturated rings. The molecule has 0 aliphatic heterocycles. The first-order valence-corrected chi connectivity index (χ1v) is 5.32. The Balaban J connectivity index is 2.97. The summed E-state index contributed by atoms with van der Waals surface area (Å²) in [5.41, 5.74) is -0.129. The molecule has 7 heteroatoms. The molecule has 3 N–H and O–H groups in total. The Kier molecular flexibility index (Phi) is 4.61. The van der Waals surface area contributed by atoms with E-state index in [1.165, 1.54) is 12.1 Å². The molecule has 0 aromatic heterocycles. The normalized spacial score (nSPS) is 11.9. The number of anilines is 1. The average Bonchev–Trinajstić information content (AvgIpc) is 2.35. The number of hydrogen-bond acceptors (Lipinski definition) is 5. The van der Waals surface area contributed by atoms with Crippen molar-refractivity contribution in [2.75, 3.05) is 18.5 Å². The third kappa shape index (κ3) is 3.42. The second-order valence-corrected chi connectivity index (χ2v) is 3.96. The van der Waals surface area contributed by atoms with Gasteiger partial charge < -0.3 is 15.5 Å². The molecule has 0 heterocycles. The minimum Gasteiger partial charge on any atom is -0.478 e. The van der Waals surface area contributed by atoms with Crippen molar-refractivity contribution in [3.8, 4) is 0 Å². The van der Waals surface area contributed by atoms with E-state index in [4.69, 9.17) is 10.2 Å². The van der Waals surface area contributed by atoms with Crippen molar-refractivity contribution >= 4 is 17.3 Å². The topological polar surface area (TPSA) is 113 Å². The molecule has 98 valence electrons. The number of aromatic carboxylic acids is 1. The molecular formula is C11H14N2O5. The number of nitro benzene ring substituents is 1. The molecule has 1 unspecified atom stereocenters. The summed E-state index contributed by atoms with van der Waals surface area (Å²) in [6.07, 6.45) is 0. The monoisotopic (exact) mass is 254 g/mol. The molecule has 0 amide bonds. The van der Waals surface area contributed by atoms with Crippen LogP contribution in [0.4, 0.5) is 11.4 Å². The van der Waals surface area contributed by atoms with Crippen LogP contribution in [0.15, 0.2) is 18.2 Å². The lowest BCUT2D eigenvalue weighted by atomic mass is 10.1. The highest BCUT2D eigenvalue weighted by atomic mass is 16.6. The lowest BCUT2D eigenvalue weighted by Crippen LogP contribution is -2.16. The van der Waals surface area contributed by atoms with Crippen LogP contribution in [-0.4, -0.2) is 34.3 Å². The van der Waals surface area contributed by atoms with Gasteiger partial charge >= 0.3 is 5.97 Å². The Morgan fingerprint density at radius 1 is 1.56 bits per heavy atom. The number of carbonyl (C=O) groups is 1. The van der Waals surface area contributed by atoms with E-state index in [0.717, 1.165) is 6.07 Å². The van der Waals surface area contributed by atoms with Crippen molar-refractivity contribution < 1.29 is 19.9 Å². The number of non-ortho nitro benzene ring substituents is 1. The number of carboxylic acids is 1. The molecule has 1 aromatic carbocycles. The number of aliphatic hydroxyl groups is 1. The van der Waals surface area contributed by atoms with Crippen molar-refractivity contribution in [2.24, 2.45) is 5.92 Å². The molecule has 0 radical (unpaired) electrons. The average molecular weight is 254 g/mol. The van der Waals surface area contributed by atoms with Gasteiger partial charge in [0.1, 0.15) is 0 Å². The van der Waals surface area contributed by atoms with Crippen LogP contribution in [0.3, 0.4) is 0 Å². The van der Waals surface area contributed by atoms with Gasteiger partial charge in [0.05, 0.1) is 10.5 Å². The van der Waals surface area contributed by atoms with Crippen molar-refractivity contribution in [3.63, 3.8) is 0 Å². The molecule has 1 atom stereocenters. The highest BCUT2D eigenvalue weighted by Gasteiger charge is 2.16. The van der Waals surface area contributed by atoms with Gasteiger partial charge in [-0.15, -0.1) is 0 Å². The number of nitro groups is 1. The fraction of sp³-hybridized carbons (Fsp3) is 0.364. The Labute approximate surface area is 103 Å². The lowest BCUT2D eigenvalue weighted by Gasteiger charge is -2.12. The zero-order valence-electron chi connectivity index (χ0n) is 9.79. The van der Waals surface area contributed by atoms with E-state index >= 15 is 0 Å². The van der Waals surface area contributed by atoms with Gasteiger partial charge in [0.25, 0.3) is 5.69 Å². The fourth-order valence-electron chi connectivity index (χ4n) is 1.33. The predicted octanol–water partition coefficient (Wildman–Crippen LogP) is 1.33. The standard InChI is InChI=1S/C11H14N2O5/c1-7(6-14)5-12-10-3-2-8(13(17)18)4-9(10)11(15)16/h2-4,7,12,14H,5-6H2,1H3,(H,15,16). The maximum atomic E-state index is 11.0. The van der Waals surface area contributed by atoms with Crippen LogP contribution in [0.25, 0.3) is 0 Å². The van der Waals surface area contributed by atoms with E-state index in [1.54, 1.807) is 6.92 Å². The first-order chi connectivity index (χ1) is 8.45.